The van der Waals surface area contributed by atoms with Crippen LogP contribution in [0, 0.1) is 0 Å². The number of aromatic nitrogens is 7. The van der Waals surface area contributed by atoms with Gasteiger partial charge in [0.25, 0.3) is 5.56 Å². The summed E-state index contributed by atoms with van der Waals surface area (Å²) < 4.78 is 3.27. The summed E-state index contributed by atoms with van der Waals surface area (Å²) in [6.45, 7) is 2.55. The van der Waals surface area contributed by atoms with E-state index >= 15 is 0 Å². The molecule has 0 saturated heterocycles. The van der Waals surface area contributed by atoms with Crippen molar-refractivity contribution in [2.45, 2.75) is 37.2 Å². The number of nitrogens with one attached hydrogen (secondary N) is 1. The van der Waals surface area contributed by atoms with Gasteiger partial charge in [-0.05, 0) is 6.42 Å². The quantitative estimate of drug-likeness (QED) is 0.321. The molecule has 3 aromatic heterocycles. The summed E-state index contributed by atoms with van der Waals surface area (Å²) >= 11 is 1.38. The molecule has 0 amide bonds. The molecule has 0 atom stereocenters. The number of aromatic amines is 1. The summed E-state index contributed by atoms with van der Waals surface area (Å²) in [5.74, 6) is 1.06. The number of imidazole rings is 1. The van der Waals surface area contributed by atoms with Crippen LogP contribution in [0.2, 0.25) is 0 Å². The highest BCUT2D eigenvalue weighted by atomic mass is 32.2. The fourth-order valence-corrected chi connectivity index (χ4v) is 4.80. The normalized spacial score (nSPS) is 11.3. The number of rotatable bonds is 8. The van der Waals surface area contributed by atoms with E-state index in [1.54, 1.807) is 11.6 Å². The number of benzene rings is 2. The van der Waals surface area contributed by atoms with Crippen LogP contribution in [0.25, 0.3) is 33.7 Å². The standard InChI is InChI=1S/C26H25N7O2S/c1-3-4-15-33-23-22(24(34)29-26(33)35)32(2)19(27-23)16-36-25-28-20(17-11-7-5-8-12-17)21(30-31-25)18-13-9-6-10-14-18/h5-14H,3-4,15-16H2,1-2H3,(H,29,34,35). The van der Waals surface area contributed by atoms with E-state index in [-0.39, 0.29) is 0 Å². The van der Waals surface area contributed by atoms with Crippen LogP contribution in [-0.4, -0.2) is 34.3 Å². The lowest BCUT2D eigenvalue weighted by Crippen LogP contribution is -2.31. The van der Waals surface area contributed by atoms with E-state index in [0.29, 0.717) is 40.1 Å². The Kier molecular flexibility index (Phi) is 6.77. The Morgan fingerprint density at radius 1 is 0.889 bits per heavy atom. The largest absolute Gasteiger partial charge is 0.330 e. The lowest BCUT2D eigenvalue weighted by molar-refractivity contribution is 0.613. The monoisotopic (exact) mass is 499 g/mol. The van der Waals surface area contributed by atoms with Crippen molar-refractivity contribution in [2.24, 2.45) is 7.05 Å². The number of H-pyrrole nitrogens is 1. The Bertz CT molecular complexity index is 1630. The Morgan fingerprint density at radius 2 is 1.56 bits per heavy atom. The van der Waals surface area contributed by atoms with Gasteiger partial charge in [0.05, 0.1) is 5.75 Å². The van der Waals surface area contributed by atoms with E-state index in [4.69, 9.17) is 4.98 Å². The number of nitrogens with zero attached hydrogens (tertiary/aromatic N) is 6. The van der Waals surface area contributed by atoms with Crippen LogP contribution in [0.15, 0.2) is 75.4 Å². The molecule has 2 aromatic carbocycles. The molecular formula is C26H25N7O2S. The second-order valence-corrected chi connectivity index (χ2v) is 9.28. The van der Waals surface area contributed by atoms with Crippen LogP contribution in [-0.2, 0) is 19.3 Å². The highest BCUT2D eigenvalue weighted by Crippen LogP contribution is 2.30. The van der Waals surface area contributed by atoms with Gasteiger partial charge in [0, 0.05) is 24.7 Å². The fourth-order valence-electron chi connectivity index (χ4n) is 4.03. The summed E-state index contributed by atoms with van der Waals surface area (Å²) in [5.41, 5.74) is 3.24. The maximum Gasteiger partial charge on any atom is 0.330 e. The number of hydrogen-bond donors (Lipinski definition) is 1. The van der Waals surface area contributed by atoms with Crippen molar-refractivity contribution in [2.75, 3.05) is 0 Å². The topological polar surface area (TPSA) is 111 Å². The molecule has 0 saturated carbocycles. The summed E-state index contributed by atoms with van der Waals surface area (Å²) in [6, 6.07) is 19.7. The van der Waals surface area contributed by atoms with Gasteiger partial charge in [-0.15, -0.1) is 10.2 Å². The van der Waals surface area contributed by atoms with E-state index in [1.807, 2.05) is 60.7 Å². The molecule has 182 valence electrons. The Morgan fingerprint density at radius 3 is 2.22 bits per heavy atom. The lowest BCUT2D eigenvalue weighted by atomic mass is 10.0. The molecule has 5 rings (SSSR count). The van der Waals surface area contributed by atoms with Crippen molar-refractivity contribution in [1.82, 2.24) is 34.3 Å². The van der Waals surface area contributed by atoms with Gasteiger partial charge in [0.1, 0.15) is 17.2 Å². The first kappa shape index (κ1) is 23.7. The number of unbranched alkanes of at least 4 members (excludes halogenated alkanes) is 1. The summed E-state index contributed by atoms with van der Waals surface area (Å²) in [7, 11) is 1.78. The van der Waals surface area contributed by atoms with Crippen LogP contribution >= 0.6 is 11.8 Å². The van der Waals surface area contributed by atoms with Crippen molar-refractivity contribution in [3.05, 3.63) is 87.3 Å². The third kappa shape index (κ3) is 4.59. The predicted octanol–water partition coefficient (Wildman–Crippen LogP) is 4.03. The lowest BCUT2D eigenvalue weighted by Gasteiger charge is -2.09. The van der Waals surface area contributed by atoms with E-state index in [9.17, 15) is 9.59 Å². The zero-order valence-electron chi connectivity index (χ0n) is 20.0. The number of hydrogen-bond acceptors (Lipinski definition) is 7. The smallest absolute Gasteiger partial charge is 0.325 e. The summed E-state index contributed by atoms with van der Waals surface area (Å²) in [5, 5.41) is 9.38. The molecule has 0 radical (unpaired) electrons. The van der Waals surface area contributed by atoms with Crippen molar-refractivity contribution < 1.29 is 0 Å². The zero-order chi connectivity index (χ0) is 25.1. The molecule has 9 nitrogen and oxygen atoms in total. The van der Waals surface area contributed by atoms with Crippen LogP contribution in [0.4, 0.5) is 0 Å². The molecule has 1 N–H and O–H groups in total. The summed E-state index contributed by atoms with van der Waals surface area (Å²) in [6.07, 6.45) is 1.74. The van der Waals surface area contributed by atoms with Crippen LogP contribution in [0.5, 0.6) is 0 Å². The maximum atomic E-state index is 12.5. The van der Waals surface area contributed by atoms with Gasteiger partial charge in [-0.1, -0.05) is 85.8 Å². The Labute approximate surface area is 211 Å². The molecule has 0 aliphatic rings. The van der Waals surface area contributed by atoms with E-state index < -0.39 is 11.2 Å². The number of thioether (sulfide) groups is 1. The van der Waals surface area contributed by atoms with Crippen LogP contribution in [0.3, 0.4) is 0 Å². The molecule has 0 aliphatic carbocycles. The SMILES string of the molecule is CCCCn1c(=O)[nH]c(=O)c2c1nc(CSc1nnc(-c3ccccc3)c(-c3ccccc3)n1)n2C. The fraction of sp³-hybridized carbons (Fsp3) is 0.231. The highest BCUT2D eigenvalue weighted by molar-refractivity contribution is 7.98. The molecule has 0 unspecified atom stereocenters. The second-order valence-electron chi connectivity index (χ2n) is 8.34. The average molecular weight is 500 g/mol. The summed E-state index contributed by atoms with van der Waals surface area (Å²) in [4.78, 5) is 36.9. The molecular weight excluding hydrogens is 474 g/mol. The maximum absolute atomic E-state index is 12.5. The molecule has 36 heavy (non-hydrogen) atoms. The third-order valence-corrected chi connectivity index (χ3v) is 6.77. The van der Waals surface area contributed by atoms with Gasteiger partial charge in [-0.3, -0.25) is 14.3 Å². The van der Waals surface area contributed by atoms with Crippen molar-refractivity contribution >= 4 is 22.9 Å². The minimum absolute atomic E-state index is 0.379. The first-order chi connectivity index (χ1) is 17.6. The molecule has 0 spiro atoms. The van der Waals surface area contributed by atoms with Crippen LogP contribution in [0.1, 0.15) is 25.6 Å². The van der Waals surface area contributed by atoms with E-state index in [1.165, 1.54) is 16.3 Å². The molecule has 0 aliphatic heterocycles. The van der Waals surface area contributed by atoms with Gasteiger partial charge in [-0.25, -0.2) is 14.8 Å². The van der Waals surface area contributed by atoms with Gasteiger partial charge in [0.2, 0.25) is 5.16 Å². The van der Waals surface area contributed by atoms with Crippen LogP contribution < -0.4 is 11.2 Å². The van der Waals surface area contributed by atoms with Crippen molar-refractivity contribution in [3.63, 3.8) is 0 Å². The van der Waals surface area contributed by atoms with Gasteiger partial charge < -0.3 is 4.57 Å². The molecule has 0 fully saturated rings. The molecule has 3 heterocycles. The minimum Gasteiger partial charge on any atom is -0.325 e. The Balaban J connectivity index is 1.50. The third-order valence-electron chi connectivity index (χ3n) is 5.93. The second kappa shape index (κ2) is 10.3. The van der Waals surface area contributed by atoms with Gasteiger partial charge >= 0.3 is 5.69 Å². The highest BCUT2D eigenvalue weighted by Gasteiger charge is 2.18. The van der Waals surface area contributed by atoms with Crippen molar-refractivity contribution in [3.8, 4) is 22.5 Å². The zero-order valence-corrected chi connectivity index (χ0v) is 20.8. The van der Waals surface area contributed by atoms with E-state index in [2.05, 4.69) is 27.1 Å². The molecule has 5 aromatic rings. The molecule has 0 bridgehead atoms. The predicted molar refractivity (Wildman–Crippen MR) is 141 cm³/mol. The van der Waals surface area contributed by atoms with Gasteiger partial charge in [0.15, 0.2) is 11.2 Å². The first-order valence-electron chi connectivity index (χ1n) is 11.7. The van der Waals surface area contributed by atoms with Gasteiger partial charge in [-0.2, -0.15) is 0 Å². The average Bonchev–Trinajstić information content (AvgIpc) is 3.24. The minimum atomic E-state index is -0.439. The first-order valence-corrected chi connectivity index (χ1v) is 12.7. The van der Waals surface area contributed by atoms with E-state index in [0.717, 1.165) is 29.7 Å². The number of aryl methyl sites for hydroxylation is 2. The Hall–Kier alpha value is -4.05. The van der Waals surface area contributed by atoms with Crippen molar-refractivity contribution in [1.29, 1.82) is 0 Å². The number of fused-ring (bicyclic) bond motifs is 1. The molecule has 10 heteroatoms.